The van der Waals surface area contributed by atoms with E-state index < -0.39 is 71.0 Å². The van der Waals surface area contributed by atoms with E-state index in [4.69, 9.17) is 17.3 Å². The predicted octanol–water partition coefficient (Wildman–Crippen LogP) is 1.56. The molecule has 2 aliphatic heterocycles. The molecule has 4 N–H and O–H groups in total. The van der Waals surface area contributed by atoms with Gasteiger partial charge in [-0.2, -0.15) is 0 Å². The van der Waals surface area contributed by atoms with Gasteiger partial charge in [-0.25, -0.2) is 13.2 Å². The molecular formula is C22H24ClF3N4O4. The zero-order valence-corrected chi connectivity index (χ0v) is 19.1. The highest BCUT2D eigenvalue weighted by Gasteiger charge is 2.62. The maximum atomic E-state index is 13.5. The summed E-state index contributed by atoms with van der Waals surface area (Å²) in [7, 11) is 0. The van der Waals surface area contributed by atoms with E-state index in [1.54, 1.807) is 11.8 Å². The Morgan fingerprint density at radius 2 is 1.88 bits per heavy atom. The van der Waals surface area contributed by atoms with Crippen LogP contribution in [0.25, 0.3) is 0 Å². The average Bonchev–Trinajstić information content (AvgIpc) is 3.27. The smallest absolute Gasteiger partial charge is 0.288 e. The third-order valence-corrected chi connectivity index (χ3v) is 7.26. The Kier molecular flexibility index (Phi) is 6.03. The van der Waals surface area contributed by atoms with E-state index in [0.29, 0.717) is 30.7 Å². The topological polar surface area (TPSA) is 122 Å². The van der Waals surface area contributed by atoms with Crippen LogP contribution in [-0.4, -0.2) is 57.8 Å². The molecule has 0 bridgehead atoms. The van der Waals surface area contributed by atoms with Crippen LogP contribution in [0, 0.1) is 5.92 Å². The maximum Gasteiger partial charge on any atom is 0.288 e. The second kappa shape index (κ2) is 8.44. The lowest BCUT2D eigenvalue weighted by Gasteiger charge is -2.45. The first kappa shape index (κ1) is 24.3. The number of alkyl halides is 3. The lowest BCUT2D eigenvalue weighted by Crippen LogP contribution is -2.69. The third-order valence-electron chi connectivity index (χ3n) is 6.89. The highest BCUT2D eigenvalue weighted by molar-refractivity contribution is 6.38. The summed E-state index contributed by atoms with van der Waals surface area (Å²) in [6, 6.07) is -0.454. The fourth-order valence-corrected chi connectivity index (χ4v) is 5.52. The van der Waals surface area contributed by atoms with Gasteiger partial charge in [0.25, 0.3) is 17.7 Å². The van der Waals surface area contributed by atoms with Crippen molar-refractivity contribution in [3.63, 3.8) is 0 Å². The zero-order valence-electron chi connectivity index (χ0n) is 18.3. The number of rotatable bonds is 6. The molecule has 0 spiro atoms. The molecule has 0 radical (unpaired) electrons. The molecule has 8 nitrogen and oxygen atoms in total. The number of amides is 3. The number of carbonyl (C=O) groups excluding carboxylic acids is 4. The Morgan fingerprint density at radius 3 is 2.47 bits per heavy atom. The quantitative estimate of drug-likeness (QED) is 0.377. The van der Waals surface area contributed by atoms with Gasteiger partial charge in [0.15, 0.2) is 0 Å². The molecule has 3 unspecified atom stereocenters. The minimum absolute atomic E-state index is 0.0793. The standard InChI is InChI=1S/C22H24ClF3N4O4/c1-10-15(17(31)19(33)29-21(20(27)34)8-22(25,26)9-21)14-3-2-6-30(14)16(10)18(32)28-11-4-5-13(24)12(23)7-11/h4-5,12,14-15H,2-3,6-9H2,1H3,(H2,27,34)(H,28,32)(H,29,33). The van der Waals surface area contributed by atoms with Crippen molar-refractivity contribution in [1.29, 1.82) is 0 Å². The van der Waals surface area contributed by atoms with E-state index in [1.165, 1.54) is 12.2 Å². The van der Waals surface area contributed by atoms with E-state index in [2.05, 4.69) is 10.6 Å². The summed E-state index contributed by atoms with van der Waals surface area (Å²) in [5, 5.41) is 3.93. The van der Waals surface area contributed by atoms with Crippen molar-refractivity contribution < 1.29 is 32.3 Å². The molecule has 1 saturated carbocycles. The van der Waals surface area contributed by atoms with Crippen LogP contribution in [0.4, 0.5) is 13.2 Å². The number of hydrogen-bond donors (Lipinski definition) is 3. The molecule has 1 saturated heterocycles. The van der Waals surface area contributed by atoms with Crippen molar-refractivity contribution in [2.24, 2.45) is 11.7 Å². The van der Waals surface area contributed by atoms with Gasteiger partial charge in [0.05, 0.1) is 11.3 Å². The van der Waals surface area contributed by atoms with Crippen LogP contribution >= 0.6 is 11.6 Å². The molecule has 184 valence electrons. The van der Waals surface area contributed by atoms with Gasteiger partial charge in [0, 0.05) is 37.5 Å². The van der Waals surface area contributed by atoms with Gasteiger partial charge < -0.3 is 21.3 Å². The molecule has 3 amide bonds. The number of hydrogen-bond acceptors (Lipinski definition) is 5. The summed E-state index contributed by atoms with van der Waals surface area (Å²) in [5.74, 6) is -8.40. The van der Waals surface area contributed by atoms with Crippen LogP contribution in [0.5, 0.6) is 0 Å². The van der Waals surface area contributed by atoms with Gasteiger partial charge in [-0.3, -0.25) is 19.2 Å². The number of Topliss-reactive ketones (excluding diaryl/α,β-unsaturated/α-hetero) is 1. The Hall–Kier alpha value is -2.82. The highest BCUT2D eigenvalue weighted by atomic mass is 35.5. The van der Waals surface area contributed by atoms with Crippen LogP contribution in [0.15, 0.2) is 34.9 Å². The summed E-state index contributed by atoms with van der Waals surface area (Å²) in [6.07, 6.45) is 1.93. The van der Waals surface area contributed by atoms with Gasteiger partial charge in [-0.15, -0.1) is 11.6 Å². The first-order valence-electron chi connectivity index (χ1n) is 10.9. The third kappa shape index (κ3) is 4.10. The molecule has 12 heteroatoms. The van der Waals surface area contributed by atoms with Crippen LogP contribution in [-0.2, 0) is 19.2 Å². The van der Waals surface area contributed by atoms with Crippen LogP contribution in [0.3, 0.4) is 0 Å². The number of nitrogens with two attached hydrogens (primary N) is 1. The molecule has 0 aromatic carbocycles. The number of halogens is 4. The number of nitrogens with zero attached hydrogens (tertiary/aromatic N) is 1. The number of primary amides is 1. The second-order valence-corrected chi connectivity index (χ2v) is 9.78. The van der Waals surface area contributed by atoms with Crippen molar-refractivity contribution in [1.82, 2.24) is 15.5 Å². The van der Waals surface area contributed by atoms with Gasteiger partial charge in [0.1, 0.15) is 17.1 Å². The fraction of sp³-hybridized carbons (Fsp3) is 0.545. The first-order chi connectivity index (χ1) is 15.8. The lowest BCUT2D eigenvalue weighted by molar-refractivity contribution is -0.165. The Bertz CT molecular complexity index is 1060. The van der Waals surface area contributed by atoms with E-state index in [9.17, 15) is 32.3 Å². The molecule has 34 heavy (non-hydrogen) atoms. The Balaban J connectivity index is 1.54. The van der Waals surface area contributed by atoms with Gasteiger partial charge in [-0.1, -0.05) is 0 Å². The van der Waals surface area contributed by atoms with Crippen molar-refractivity contribution in [3.05, 3.63) is 34.9 Å². The maximum absolute atomic E-state index is 13.5. The van der Waals surface area contributed by atoms with Gasteiger partial charge in [0.2, 0.25) is 11.7 Å². The number of nitrogens with one attached hydrogen (secondary N) is 2. The largest absolute Gasteiger partial charge is 0.368 e. The summed E-state index contributed by atoms with van der Waals surface area (Å²) in [6.45, 7) is 2.04. The number of fused-ring (bicyclic) bond motifs is 1. The molecule has 4 rings (SSSR count). The number of ketones is 1. The molecular weight excluding hydrogens is 477 g/mol. The van der Waals surface area contributed by atoms with Gasteiger partial charge in [-0.05, 0) is 37.5 Å². The average molecular weight is 501 g/mol. The van der Waals surface area contributed by atoms with Gasteiger partial charge >= 0.3 is 0 Å². The van der Waals surface area contributed by atoms with Crippen molar-refractivity contribution >= 4 is 35.1 Å². The molecule has 3 atom stereocenters. The lowest BCUT2D eigenvalue weighted by atomic mass is 9.72. The molecule has 4 aliphatic rings. The summed E-state index contributed by atoms with van der Waals surface area (Å²) in [5.41, 5.74) is 4.25. The monoisotopic (exact) mass is 500 g/mol. The molecule has 2 heterocycles. The number of carbonyl (C=O) groups is 4. The van der Waals surface area contributed by atoms with Crippen molar-refractivity contribution in [2.45, 2.75) is 61.9 Å². The molecule has 2 fully saturated rings. The summed E-state index contributed by atoms with van der Waals surface area (Å²) < 4.78 is 40.3. The van der Waals surface area contributed by atoms with Crippen molar-refractivity contribution in [2.75, 3.05) is 6.54 Å². The highest BCUT2D eigenvalue weighted by Crippen LogP contribution is 2.46. The molecule has 0 aromatic rings. The van der Waals surface area contributed by atoms with Crippen LogP contribution < -0.4 is 16.4 Å². The molecule has 2 aliphatic carbocycles. The Morgan fingerprint density at radius 1 is 1.21 bits per heavy atom. The summed E-state index contributed by atoms with van der Waals surface area (Å²) in [4.78, 5) is 52.4. The Labute approximate surface area is 198 Å². The molecule has 0 aromatic heterocycles. The van der Waals surface area contributed by atoms with E-state index >= 15 is 0 Å². The number of allylic oxidation sites excluding steroid dienone is 4. The predicted molar refractivity (Wildman–Crippen MR) is 115 cm³/mol. The fourth-order valence-electron chi connectivity index (χ4n) is 5.28. The zero-order chi connectivity index (χ0) is 25.0. The van der Waals surface area contributed by atoms with E-state index in [0.717, 1.165) is 0 Å². The minimum Gasteiger partial charge on any atom is -0.368 e. The van der Waals surface area contributed by atoms with Crippen LogP contribution in [0.1, 0.15) is 39.0 Å². The SMILES string of the molecule is CC1=C(C(=O)NC2=CC=C(F)C(Cl)C2)N2CCCC2C1C(=O)C(=O)NC1(C(N)=O)CC(F)(F)C1. The van der Waals surface area contributed by atoms with Crippen LogP contribution in [0.2, 0.25) is 0 Å². The van der Waals surface area contributed by atoms with E-state index in [-0.39, 0.29) is 12.1 Å². The first-order valence-corrected chi connectivity index (χ1v) is 11.3. The minimum atomic E-state index is -3.16. The second-order valence-electron chi connectivity index (χ2n) is 9.26. The summed E-state index contributed by atoms with van der Waals surface area (Å²) >= 11 is 5.90. The normalized spacial score (nSPS) is 29.0. The van der Waals surface area contributed by atoms with E-state index in [1.807, 2.05) is 0 Å². The van der Waals surface area contributed by atoms with Crippen molar-refractivity contribution in [3.8, 4) is 0 Å².